The third-order valence-corrected chi connectivity index (χ3v) is 2.79. The Morgan fingerprint density at radius 3 is 2.71 bits per heavy atom. The number of nitrogens with one attached hydrogen (secondary N) is 1. The van der Waals surface area contributed by atoms with Crippen LogP contribution < -0.4 is 20.5 Å². The number of methoxy groups -OCH3 is 2. The summed E-state index contributed by atoms with van der Waals surface area (Å²) in [5, 5.41) is 2.59. The monoisotopic (exact) mass is 291 g/mol. The van der Waals surface area contributed by atoms with Crippen LogP contribution >= 0.6 is 0 Å². The SMILES string of the molecule is COc1ccc(NC(=O)c2cc(F)cnc2N)c(OC)c1. The molecule has 0 fully saturated rings. The van der Waals surface area contributed by atoms with E-state index < -0.39 is 11.7 Å². The van der Waals surface area contributed by atoms with Crippen LogP contribution in [0.1, 0.15) is 10.4 Å². The van der Waals surface area contributed by atoms with Crippen LogP contribution in [-0.4, -0.2) is 25.1 Å². The minimum Gasteiger partial charge on any atom is -0.497 e. The van der Waals surface area contributed by atoms with Gasteiger partial charge in [-0.25, -0.2) is 9.37 Å². The van der Waals surface area contributed by atoms with E-state index in [0.717, 1.165) is 12.3 Å². The summed E-state index contributed by atoms with van der Waals surface area (Å²) in [4.78, 5) is 15.7. The number of ether oxygens (including phenoxy) is 2. The predicted molar refractivity (Wildman–Crippen MR) is 76.1 cm³/mol. The van der Waals surface area contributed by atoms with E-state index in [1.165, 1.54) is 14.2 Å². The van der Waals surface area contributed by atoms with Crippen molar-refractivity contribution in [1.29, 1.82) is 0 Å². The first-order valence-electron chi connectivity index (χ1n) is 5.99. The van der Waals surface area contributed by atoms with Crippen LogP contribution in [0, 0.1) is 5.82 Å². The van der Waals surface area contributed by atoms with Crippen LogP contribution in [-0.2, 0) is 0 Å². The van der Waals surface area contributed by atoms with Crippen molar-refractivity contribution in [2.75, 3.05) is 25.3 Å². The molecule has 6 nitrogen and oxygen atoms in total. The van der Waals surface area contributed by atoms with Crippen LogP contribution in [0.25, 0.3) is 0 Å². The lowest BCUT2D eigenvalue weighted by Gasteiger charge is -2.12. The van der Waals surface area contributed by atoms with Crippen molar-refractivity contribution in [1.82, 2.24) is 4.98 Å². The molecule has 1 amide bonds. The smallest absolute Gasteiger partial charge is 0.259 e. The normalized spacial score (nSPS) is 10.0. The standard InChI is InChI=1S/C14H14FN3O3/c1-20-9-3-4-11(12(6-9)21-2)18-14(19)10-5-8(15)7-17-13(10)16/h3-7H,1-2H3,(H2,16,17)(H,18,19). The number of nitrogen functional groups attached to an aromatic ring is 1. The second kappa shape index (κ2) is 6.08. The second-order valence-electron chi connectivity index (χ2n) is 4.11. The van der Waals surface area contributed by atoms with E-state index in [2.05, 4.69) is 10.3 Å². The number of nitrogens with two attached hydrogens (primary N) is 1. The molecule has 1 aromatic heterocycles. The Kier molecular flexibility index (Phi) is 4.22. The molecule has 3 N–H and O–H groups in total. The van der Waals surface area contributed by atoms with Gasteiger partial charge in [-0.2, -0.15) is 0 Å². The number of carbonyl (C=O) groups excluding carboxylic acids is 1. The number of halogens is 1. The van der Waals surface area contributed by atoms with Gasteiger partial charge in [0.2, 0.25) is 0 Å². The number of nitrogens with zero attached hydrogens (tertiary/aromatic N) is 1. The van der Waals surface area contributed by atoms with Gasteiger partial charge in [-0.15, -0.1) is 0 Å². The molecule has 110 valence electrons. The highest BCUT2D eigenvalue weighted by Crippen LogP contribution is 2.29. The van der Waals surface area contributed by atoms with Crippen molar-refractivity contribution in [3.63, 3.8) is 0 Å². The molecule has 2 aromatic rings. The lowest BCUT2D eigenvalue weighted by molar-refractivity contribution is 0.102. The maximum Gasteiger partial charge on any atom is 0.259 e. The summed E-state index contributed by atoms with van der Waals surface area (Å²) in [5.74, 6) is -0.289. The molecule has 0 unspecified atom stereocenters. The van der Waals surface area contributed by atoms with Crippen LogP contribution in [0.4, 0.5) is 15.9 Å². The fraction of sp³-hybridized carbons (Fsp3) is 0.143. The second-order valence-corrected chi connectivity index (χ2v) is 4.11. The first kappa shape index (κ1) is 14.6. The zero-order valence-corrected chi connectivity index (χ0v) is 11.5. The molecule has 7 heteroatoms. The molecule has 0 bridgehead atoms. The van der Waals surface area contributed by atoms with E-state index in [-0.39, 0.29) is 11.4 Å². The number of pyridine rings is 1. The van der Waals surface area contributed by atoms with Gasteiger partial charge in [-0.1, -0.05) is 0 Å². The first-order valence-corrected chi connectivity index (χ1v) is 5.99. The molecule has 1 heterocycles. The van der Waals surface area contributed by atoms with Crippen molar-refractivity contribution in [3.05, 3.63) is 41.8 Å². The fourth-order valence-corrected chi connectivity index (χ4v) is 1.72. The molecule has 0 spiro atoms. The Morgan fingerprint density at radius 2 is 2.05 bits per heavy atom. The number of hydrogen-bond donors (Lipinski definition) is 2. The highest BCUT2D eigenvalue weighted by atomic mass is 19.1. The Hall–Kier alpha value is -2.83. The van der Waals surface area contributed by atoms with Gasteiger partial charge in [-0.3, -0.25) is 4.79 Å². The molecule has 0 saturated heterocycles. The van der Waals surface area contributed by atoms with Crippen molar-refractivity contribution < 1.29 is 18.7 Å². The number of anilines is 2. The summed E-state index contributed by atoms with van der Waals surface area (Å²) < 4.78 is 23.4. The summed E-state index contributed by atoms with van der Waals surface area (Å²) in [6.07, 6.45) is 0.945. The van der Waals surface area contributed by atoms with Gasteiger partial charge in [0.25, 0.3) is 5.91 Å². The lowest BCUT2D eigenvalue weighted by Crippen LogP contribution is -2.15. The highest BCUT2D eigenvalue weighted by molar-refractivity contribution is 6.07. The molecule has 0 aliphatic carbocycles. The lowest BCUT2D eigenvalue weighted by atomic mass is 10.2. The Bertz CT molecular complexity index is 677. The molecule has 2 rings (SSSR count). The number of hydrogen-bond acceptors (Lipinski definition) is 5. The average Bonchev–Trinajstić information content (AvgIpc) is 2.49. The quantitative estimate of drug-likeness (QED) is 0.900. The molecule has 1 aromatic carbocycles. The molecular formula is C14H14FN3O3. The Labute approximate surface area is 120 Å². The summed E-state index contributed by atoms with van der Waals surface area (Å²) in [6, 6.07) is 5.90. The fourth-order valence-electron chi connectivity index (χ4n) is 1.72. The number of aromatic nitrogens is 1. The minimum absolute atomic E-state index is 0.0483. The Balaban J connectivity index is 2.29. The van der Waals surface area contributed by atoms with Gasteiger partial charge >= 0.3 is 0 Å². The molecule has 0 aliphatic heterocycles. The van der Waals surface area contributed by atoms with Crippen molar-refractivity contribution >= 4 is 17.4 Å². The topological polar surface area (TPSA) is 86.5 Å². The minimum atomic E-state index is -0.643. The number of benzene rings is 1. The molecule has 0 radical (unpaired) electrons. The zero-order valence-electron chi connectivity index (χ0n) is 11.5. The van der Waals surface area contributed by atoms with Gasteiger partial charge in [0.15, 0.2) is 0 Å². The van der Waals surface area contributed by atoms with Crippen LogP contribution in [0.5, 0.6) is 11.5 Å². The van der Waals surface area contributed by atoms with E-state index in [1.54, 1.807) is 18.2 Å². The van der Waals surface area contributed by atoms with Gasteiger partial charge in [0, 0.05) is 6.07 Å². The van der Waals surface area contributed by atoms with Crippen molar-refractivity contribution in [2.24, 2.45) is 0 Å². The van der Waals surface area contributed by atoms with Crippen molar-refractivity contribution in [3.8, 4) is 11.5 Å². The average molecular weight is 291 g/mol. The molecule has 21 heavy (non-hydrogen) atoms. The molecule has 0 aliphatic rings. The molecular weight excluding hydrogens is 277 g/mol. The third kappa shape index (κ3) is 3.19. The highest BCUT2D eigenvalue weighted by Gasteiger charge is 2.15. The van der Waals surface area contributed by atoms with Gasteiger partial charge < -0.3 is 20.5 Å². The van der Waals surface area contributed by atoms with E-state index in [4.69, 9.17) is 15.2 Å². The summed E-state index contributed by atoms with van der Waals surface area (Å²) in [6.45, 7) is 0. The Morgan fingerprint density at radius 1 is 1.29 bits per heavy atom. The van der Waals surface area contributed by atoms with Crippen molar-refractivity contribution in [2.45, 2.75) is 0 Å². The van der Waals surface area contributed by atoms with E-state index >= 15 is 0 Å². The summed E-state index contributed by atoms with van der Waals surface area (Å²) >= 11 is 0. The third-order valence-electron chi connectivity index (χ3n) is 2.79. The maximum atomic E-state index is 13.2. The van der Waals surface area contributed by atoms with Gasteiger partial charge in [0.1, 0.15) is 23.1 Å². The van der Waals surface area contributed by atoms with Gasteiger partial charge in [0.05, 0.1) is 31.7 Å². The zero-order chi connectivity index (χ0) is 15.4. The summed E-state index contributed by atoms with van der Waals surface area (Å²) in [7, 11) is 2.98. The van der Waals surface area contributed by atoms with Crippen LogP contribution in [0.2, 0.25) is 0 Å². The van der Waals surface area contributed by atoms with Crippen LogP contribution in [0.15, 0.2) is 30.5 Å². The van der Waals surface area contributed by atoms with E-state index in [1.807, 2.05) is 0 Å². The van der Waals surface area contributed by atoms with Gasteiger partial charge in [-0.05, 0) is 18.2 Å². The number of amides is 1. The molecule has 0 atom stereocenters. The number of rotatable bonds is 4. The summed E-state index contributed by atoms with van der Waals surface area (Å²) in [5.41, 5.74) is 5.93. The predicted octanol–water partition coefficient (Wildman–Crippen LogP) is 2.07. The number of carbonyl (C=O) groups is 1. The van der Waals surface area contributed by atoms with E-state index in [0.29, 0.717) is 17.2 Å². The van der Waals surface area contributed by atoms with E-state index in [9.17, 15) is 9.18 Å². The van der Waals surface area contributed by atoms with Crippen LogP contribution in [0.3, 0.4) is 0 Å². The first-order chi connectivity index (χ1) is 10.0. The maximum absolute atomic E-state index is 13.2. The largest absolute Gasteiger partial charge is 0.497 e. The molecule has 0 saturated carbocycles.